The van der Waals surface area contributed by atoms with Crippen molar-refractivity contribution in [3.63, 3.8) is 0 Å². The number of fused-ring (bicyclic) bond motifs is 1. The van der Waals surface area contributed by atoms with Crippen LogP contribution in [0.15, 0.2) is 54.6 Å². The van der Waals surface area contributed by atoms with E-state index < -0.39 is 5.82 Å². The molecule has 0 aliphatic carbocycles. The van der Waals surface area contributed by atoms with Crippen LogP contribution >= 0.6 is 0 Å². The summed E-state index contributed by atoms with van der Waals surface area (Å²) >= 11 is 0. The lowest BCUT2D eigenvalue weighted by Gasteiger charge is -2.17. The van der Waals surface area contributed by atoms with Gasteiger partial charge in [-0.2, -0.15) is 0 Å². The number of likely N-dealkylation sites (tertiary alicyclic amines) is 1. The van der Waals surface area contributed by atoms with Crippen LogP contribution in [-0.2, 0) is 7.05 Å². The van der Waals surface area contributed by atoms with Gasteiger partial charge in [0, 0.05) is 37.3 Å². The Morgan fingerprint density at radius 1 is 1.12 bits per heavy atom. The van der Waals surface area contributed by atoms with Crippen LogP contribution in [0.5, 0.6) is 0 Å². The molecule has 1 amide bonds. The molecule has 1 saturated heterocycles. The molecule has 3 aromatic rings. The first-order valence-corrected chi connectivity index (χ1v) is 8.23. The maximum absolute atomic E-state index is 13.9. The second-order valence-corrected chi connectivity index (χ2v) is 6.40. The van der Waals surface area contributed by atoms with Gasteiger partial charge < -0.3 is 9.47 Å². The van der Waals surface area contributed by atoms with Gasteiger partial charge in [-0.15, -0.1) is 0 Å². The number of hydrogen-bond acceptors (Lipinski definition) is 1. The van der Waals surface area contributed by atoms with Crippen LogP contribution in [0.3, 0.4) is 0 Å². The molecule has 1 aromatic heterocycles. The highest BCUT2D eigenvalue weighted by atomic mass is 19.1. The van der Waals surface area contributed by atoms with Gasteiger partial charge >= 0.3 is 0 Å². The first kappa shape index (κ1) is 14.9. The Labute approximate surface area is 140 Å². The maximum Gasteiger partial charge on any atom is 0.256 e. The fourth-order valence-electron chi connectivity index (χ4n) is 3.69. The Hall–Kier alpha value is -2.62. The van der Waals surface area contributed by atoms with Crippen LogP contribution in [0.1, 0.15) is 28.4 Å². The van der Waals surface area contributed by atoms with Crippen LogP contribution in [0.2, 0.25) is 0 Å². The third kappa shape index (κ3) is 2.39. The van der Waals surface area contributed by atoms with Gasteiger partial charge in [0.1, 0.15) is 5.82 Å². The van der Waals surface area contributed by atoms with Crippen molar-refractivity contribution < 1.29 is 9.18 Å². The van der Waals surface area contributed by atoms with Crippen LogP contribution in [0, 0.1) is 5.82 Å². The van der Waals surface area contributed by atoms with E-state index in [0.717, 1.165) is 6.42 Å². The number of aryl methyl sites for hydroxylation is 1. The number of para-hydroxylation sites is 1. The van der Waals surface area contributed by atoms with Gasteiger partial charge in [-0.1, -0.05) is 30.3 Å². The summed E-state index contributed by atoms with van der Waals surface area (Å²) in [4.78, 5) is 14.3. The number of carbonyl (C=O) groups is 1. The van der Waals surface area contributed by atoms with E-state index in [1.807, 2.05) is 12.1 Å². The molecule has 1 unspecified atom stereocenters. The van der Waals surface area contributed by atoms with E-state index in [1.54, 1.807) is 23.1 Å². The number of hydrogen-bond donors (Lipinski definition) is 0. The minimum absolute atomic E-state index is 0.162. The Bertz CT molecular complexity index is 915. The van der Waals surface area contributed by atoms with E-state index in [-0.39, 0.29) is 17.4 Å². The van der Waals surface area contributed by atoms with Gasteiger partial charge in [0.15, 0.2) is 0 Å². The average Bonchev–Trinajstić information content (AvgIpc) is 3.20. The molecule has 2 heterocycles. The lowest BCUT2D eigenvalue weighted by Crippen LogP contribution is -2.29. The molecule has 122 valence electrons. The molecule has 2 aromatic carbocycles. The first-order chi connectivity index (χ1) is 11.6. The standard InChI is InChI=1S/C20H19FN2O/c1-22-18-9-5-2-6-14(18)12-19(22)15-10-11-23(13-15)20(24)16-7-3-4-8-17(16)21/h2-9,12,15H,10-11,13H2,1H3. The van der Waals surface area contributed by atoms with Crippen molar-refractivity contribution in [1.82, 2.24) is 9.47 Å². The fourth-order valence-corrected chi connectivity index (χ4v) is 3.69. The highest BCUT2D eigenvalue weighted by Crippen LogP contribution is 2.32. The third-order valence-corrected chi connectivity index (χ3v) is 4.99. The predicted molar refractivity (Wildman–Crippen MR) is 92.6 cm³/mol. The zero-order valence-corrected chi connectivity index (χ0v) is 13.6. The second-order valence-electron chi connectivity index (χ2n) is 6.40. The minimum atomic E-state index is -0.449. The van der Waals surface area contributed by atoms with Gasteiger partial charge in [0.2, 0.25) is 0 Å². The van der Waals surface area contributed by atoms with E-state index in [4.69, 9.17) is 0 Å². The normalized spacial score (nSPS) is 17.6. The van der Waals surface area contributed by atoms with Crippen molar-refractivity contribution in [2.75, 3.05) is 13.1 Å². The summed E-state index contributed by atoms with van der Waals surface area (Å²) in [7, 11) is 2.07. The molecule has 1 aliphatic rings. The van der Waals surface area contributed by atoms with E-state index in [1.165, 1.54) is 22.7 Å². The molecule has 1 atom stereocenters. The van der Waals surface area contributed by atoms with Crippen molar-refractivity contribution in [2.45, 2.75) is 12.3 Å². The van der Waals surface area contributed by atoms with Crippen molar-refractivity contribution in [2.24, 2.45) is 7.05 Å². The molecule has 0 saturated carbocycles. The van der Waals surface area contributed by atoms with Crippen molar-refractivity contribution in [3.05, 3.63) is 71.7 Å². The smallest absolute Gasteiger partial charge is 0.256 e. The summed E-state index contributed by atoms with van der Waals surface area (Å²) in [6.45, 7) is 1.30. The summed E-state index contributed by atoms with van der Waals surface area (Å²) in [5.74, 6) is -0.372. The fraction of sp³-hybridized carbons (Fsp3) is 0.250. The van der Waals surface area contributed by atoms with Crippen LogP contribution in [0.4, 0.5) is 4.39 Å². The van der Waals surface area contributed by atoms with Gasteiger partial charge in [-0.3, -0.25) is 4.79 Å². The van der Waals surface area contributed by atoms with Crippen LogP contribution < -0.4 is 0 Å². The van der Waals surface area contributed by atoms with E-state index in [9.17, 15) is 9.18 Å². The van der Waals surface area contributed by atoms with Crippen LogP contribution in [0.25, 0.3) is 10.9 Å². The molecule has 0 spiro atoms. The predicted octanol–water partition coefficient (Wildman–Crippen LogP) is 3.95. The molecule has 0 radical (unpaired) electrons. The lowest BCUT2D eigenvalue weighted by atomic mass is 10.0. The number of rotatable bonds is 2. The van der Waals surface area contributed by atoms with Crippen molar-refractivity contribution in [1.29, 1.82) is 0 Å². The summed E-state index contributed by atoms with van der Waals surface area (Å²) in [6, 6.07) is 16.7. The topological polar surface area (TPSA) is 25.2 Å². The quantitative estimate of drug-likeness (QED) is 0.701. The molecule has 1 aliphatic heterocycles. The molecule has 0 bridgehead atoms. The zero-order valence-electron chi connectivity index (χ0n) is 13.6. The number of halogens is 1. The number of nitrogens with zero attached hydrogens (tertiary/aromatic N) is 2. The monoisotopic (exact) mass is 322 g/mol. The summed E-state index contributed by atoms with van der Waals surface area (Å²) in [5, 5.41) is 1.22. The first-order valence-electron chi connectivity index (χ1n) is 8.23. The maximum atomic E-state index is 13.9. The number of amides is 1. The second kappa shape index (κ2) is 5.78. The average molecular weight is 322 g/mol. The molecular formula is C20H19FN2O. The summed E-state index contributed by atoms with van der Waals surface area (Å²) in [5.41, 5.74) is 2.60. The Kier molecular flexibility index (Phi) is 3.60. The highest BCUT2D eigenvalue weighted by molar-refractivity contribution is 5.94. The molecule has 3 nitrogen and oxygen atoms in total. The van der Waals surface area contributed by atoms with Crippen LogP contribution in [-0.4, -0.2) is 28.5 Å². The highest BCUT2D eigenvalue weighted by Gasteiger charge is 2.30. The van der Waals surface area contributed by atoms with Gasteiger partial charge in [-0.05, 0) is 36.1 Å². The van der Waals surface area contributed by atoms with Gasteiger partial charge in [0.25, 0.3) is 5.91 Å². The number of aromatic nitrogens is 1. The van der Waals surface area contributed by atoms with E-state index >= 15 is 0 Å². The Balaban J connectivity index is 1.59. The van der Waals surface area contributed by atoms with Gasteiger partial charge in [0.05, 0.1) is 5.56 Å². The SMILES string of the molecule is Cn1c(C2CCN(C(=O)c3ccccc3F)C2)cc2ccccc21. The summed E-state index contributed by atoms with van der Waals surface area (Å²) < 4.78 is 16.1. The molecule has 24 heavy (non-hydrogen) atoms. The Morgan fingerprint density at radius 2 is 1.88 bits per heavy atom. The molecular weight excluding hydrogens is 303 g/mol. The van der Waals surface area contributed by atoms with E-state index in [0.29, 0.717) is 13.1 Å². The van der Waals surface area contributed by atoms with E-state index in [2.05, 4.69) is 29.8 Å². The molecule has 4 heteroatoms. The van der Waals surface area contributed by atoms with Gasteiger partial charge in [-0.25, -0.2) is 4.39 Å². The largest absolute Gasteiger partial charge is 0.347 e. The van der Waals surface area contributed by atoms with Crippen molar-refractivity contribution in [3.8, 4) is 0 Å². The van der Waals surface area contributed by atoms with Crippen molar-refractivity contribution >= 4 is 16.8 Å². The number of benzene rings is 2. The zero-order chi connectivity index (χ0) is 16.7. The molecule has 0 N–H and O–H groups in total. The molecule has 1 fully saturated rings. The minimum Gasteiger partial charge on any atom is -0.347 e. The third-order valence-electron chi connectivity index (χ3n) is 4.99. The number of carbonyl (C=O) groups excluding carboxylic acids is 1. The molecule has 4 rings (SSSR count). The summed E-state index contributed by atoms with van der Waals surface area (Å²) in [6.07, 6.45) is 0.907. The Morgan fingerprint density at radius 3 is 2.67 bits per heavy atom. The lowest BCUT2D eigenvalue weighted by molar-refractivity contribution is 0.0786.